The van der Waals surface area contributed by atoms with Crippen molar-refractivity contribution in [3.8, 4) is 0 Å². The molecule has 0 aliphatic heterocycles. The van der Waals surface area contributed by atoms with Gasteiger partial charge in [-0.15, -0.1) is 0 Å². The Morgan fingerprint density at radius 2 is 1.86 bits per heavy atom. The van der Waals surface area contributed by atoms with Crippen LogP contribution in [0.5, 0.6) is 0 Å². The Morgan fingerprint density at radius 3 is 2.36 bits per heavy atom. The lowest BCUT2D eigenvalue weighted by Gasteiger charge is -2.21. The topological polar surface area (TPSA) is 12.0 Å². The van der Waals surface area contributed by atoms with Gasteiger partial charge in [0.25, 0.3) is 0 Å². The zero-order chi connectivity index (χ0) is 10.8. The standard InChI is InChI=1S/C12H27NS/c1-5-7-8-9-14-10-12(11(3)4)13-6-2/h11-13H,5-10H2,1-4H3. The molecule has 0 aromatic rings. The van der Waals surface area contributed by atoms with Crippen molar-refractivity contribution in [2.24, 2.45) is 5.92 Å². The zero-order valence-corrected chi connectivity index (χ0v) is 11.1. The van der Waals surface area contributed by atoms with Gasteiger partial charge in [-0.05, 0) is 24.6 Å². The van der Waals surface area contributed by atoms with E-state index in [-0.39, 0.29) is 0 Å². The molecule has 0 saturated heterocycles. The van der Waals surface area contributed by atoms with Crippen LogP contribution in [-0.4, -0.2) is 24.1 Å². The second-order valence-corrected chi connectivity index (χ2v) is 5.34. The van der Waals surface area contributed by atoms with E-state index in [4.69, 9.17) is 0 Å². The van der Waals surface area contributed by atoms with Gasteiger partial charge in [0.2, 0.25) is 0 Å². The van der Waals surface area contributed by atoms with E-state index >= 15 is 0 Å². The predicted molar refractivity (Wildman–Crippen MR) is 69.2 cm³/mol. The lowest BCUT2D eigenvalue weighted by molar-refractivity contribution is 0.443. The molecule has 0 rings (SSSR count). The molecule has 14 heavy (non-hydrogen) atoms. The monoisotopic (exact) mass is 217 g/mol. The Hall–Kier alpha value is 0.310. The Morgan fingerprint density at radius 1 is 1.14 bits per heavy atom. The second kappa shape index (κ2) is 9.85. The van der Waals surface area contributed by atoms with E-state index in [1.54, 1.807) is 0 Å². The molecule has 0 fully saturated rings. The van der Waals surface area contributed by atoms with Crippen molar-refractivity contribution in [1.82, 2.24) is 5.32 Å². The average molecular weight is 217 g/mol. The predicted octanol–water partition coefficient (Wildman–Crippen LogP) is 3.54. The summed E-state index contributed by atoms with van der Waals surface area (Å²) in [5, 5.41) is 3.55. The van der Waals surface area contributed by atoms with Gasteiger partial charge in [-0.3, -0.25) is 0 Å². The van der Waals surface area contributed by atoms with E-state index in [0.717, 1.165) is 12.5 Å². The first-order chi connectivity index (χ1) is 6.72. The van der Waals surface area contributed by atoms with Crippen molar-refractivity contribution in [2.45, 2.75) is 53.0 Å². The maximum atomic E-state index is 3.55. The summed E-state index contributed by atoms with van der Waals surface area (Å²) in [5.41, 5.74) is 0. The highest BCUT2D eigenvalue weighted by Gasteiger charge is 2.10. The van der Waals surface area contributed by atoms with E-state index in [2.05, 4.69) is 44.8 Å². The molecule has 0 saturated carbocycles. The largest absolute Gasteiger partial charge is 0.313 e. The number of hydrogen-bond donors (Lipinski definition) is 1. The van der Waals surface area contributed by atoms with Crippen molar-refractivity contribution < 1.29 is 0 Å². The van der Waals surface area contributed by atoms with Crippen LogP contribution in [0.4, 0.5) is 0 Å². The van der Waals surface area contributed by atoms with Crippen LogP contribution >= 0.6 is 11.8 Å². The van der Waals surface area contributed by atoms with Crippen molar-refractivity contribution in [2.75, 3.05) is 18.1 Å². The molecule has 0 amide bonds. The minimum atomic E-state index is 0.701. The van der Waals surface area contributed by atoms with Crippen LogP contribution in [0.2, 0.25) is 0 Å². The number of thioether (sulfide) groups is 1. The fraction of sp³-hybridized carbons (Fsp3) is 1.00. The van der Waals surface area contributed by atoms with Crippen molar-refractivity contribution in [3.05, 3.63) is 0 Å². The summed E-state index contributed by atoms with van der Waals surface area (Å²) >= 11 is 2.11. The SMILES string of the molecule is CCCCCSCC(NCC)C(C)C. The third kappa shape index (κ3) is 7.69. The van der Waals surface area contributed by atoms with Gasteiger partial charge in [-0.1, -0.05) is 40.5 Å². The maximum Gasteiger partial charge on any atom is 0.0181 e. The first kappa shape index (κ1) is 14.3. The van der Waals surface area contributed by atoms with Crippen LogP contribution in [0, 0.1) is 5.92 Å². The number of unbranched alkanes of at least 4 members (excludes halogenated alkanes) is 2. The van der Waals surface area contributed by atoms with Crippen LogP contribution in [-0.2, 0) is 0 Å². The van der Waals surface area contributed by atoms with Crippen LogP contribution in [0.15, 0.2) is 0 Å². The highest BCUT2D eigenvalue weighted by atomic mass is 32.2. The summed E-state index contributed by atoms with van der Waals surface area (Å²) in [4.78, 5) is 0. The summed E-state index contributed by atoms with van der Waals surface area (Å²) in [6.07, 6.45) is 4.11. The molecule has 1 unspecified atom stereocenters. The zero-order valence-electron chi connectivity index (χ0n) is 10.3. The molecule has 0 aliphatic rings. The molecule has 0 aliphatic carbocycles. The van der Waals surface area contributed by atoms with Gasteiger partial charge in [-0.2, -0.15) is 11.8 Å². The van der Waals surface area contributed by atoms with Gasteiger partial charge < -0.3 is 5.32 Å². The minimum absolute atomic E-state index is 0.701. The fourth-order valence-corrected chi connectivity index (χ4v) is 2.75. The summed E-state index contributed by atoms with van der Waals surface area (Å²) in [6.45, 7) is 10.2. The molecular formula is C12H27NS. The highest BCUT2D eigenvalue weighted by Crippen LogP contribution is 2.12. The summed E-state index contributed by atoms with van der Waals surface area (Å²) in [6, 6.07) is 0.701. The molecule has 0 heterocycles. The molecule has 86 valence electrons. The van der Waals surface area contributed by atoms with Crippen molar-refractivity contribution in [1.29, 1.82) is 0 Å². The van der Waals surface area contributed by atoms with E-state index in [0.29, 0.717) is 6.04 Å². The summed E-state index contributed by atoms with van der Waals surface area (Å²) in [5.74, 6) is 3.37. The van der Waals surface area contributed by atoms with Crippen LogP contribution in [0.1, 0.15) is 47.0 Å². The van der Waals surface area contributed by atoms with E-state index < -0.39 is 0 Å². The first-order valence-corrected chi connectivity index (χ1v) is 7.18. The van der Waals surface area contributed by atoms with Crippen molar-refractivity contribution >= 4 is 11.8 Å². The van der Waals surface area contributed by atoms with E-state index in [1.165, 1.54) is 30.8 Å². The molecule has 1 N–H and O–H groups in total. The Kier molecular flexibility index (Phi) is 10.1. The van der Waals surface area contributed by atoms with Gasteiger partial charge in [-0.25, -0.2) is 0 Å². The Bertz CT molecular complexity index is 115. The van der Waals surface area contributed by atoms with E-state index in [9.17, 15) is 0 Å². The average Bonchev–Trinajstić information content (AvgIpc) is 2.15. The van der Waals surface area contributed by atoms with Gasteiger partial charge in [0, 0.05) is 11.8 Å². The second-order valence-electron chi connectivity index (χ2n) is 4.19. The van der Waals surface area contributed by atoms with Gasteiger partial charge in [0.15, 0.2) is 0 Å². The molecular weight excluding hydrogens is 190 g/mol. The lowest BCUT2D eigenvalue weighted by Crippen LogP contribution is -2.35. The van der Waals surface area contributed by atoms with Crippen LogP contribution in [0.3, 0.4) is 0 Å². The van der Waals surface area contributed by atoms with Crippen LogP contribution in [0.25, 0.3) is 0 Å². The third-order valence-electron chi connectivity index (χ3n) is 2.46. The van der Waals surface area contributed by atoms with Gasteiger partial charge in [0.05, 0.1) is 0 Å². The minimum Gasteiger partial charge on any atom is -0.313 e. The Balaban J connectivity index is 3.41. The molecule has 0 aromatic heterocycles. The maximum absolute atomic E-state index is 3.55. The normalized spacial score (nSPS) is 13.5. The smallest absolute Gasteiger partial charge is 0.0181 e. The third-order valence-corrected chi connectivity index (χ3v) is 3.63. The first-order valence-electron chi connectivity index (χ1n) is 6.03. The quantitative estimate of drug-likeness (QED) is 0.593. The molecule has 1 nitrogen and oxygen atoms in total. The van der Waals surface area contributed by atoms with Gasteiger partial charge >= 0.3 is 0 Å². The molecule has 0 spiro atoms. The highest BCUT2D eigenvalue weighted by molar-refractivity contribution is 7.99. The summed E-state index contributed by atoms with van der Waals surface area (Å²) < 4.78 is 0. The number of nitrogens with one attached hydrogen (secondary N) is 1. The van der Waals surface area contributed by atoms with Crippen molar-refractivity contribution in [3.63, 3.8) is 0 Å². The molecule has 0 aromatic carbocycles. The molecule has 0 bridgehead atoms. The summed E-state index contributed by atoms with van der Waals surface area (Å²) in [7, 11) is 0. The number of hydrogen-bond acceptors (Lipinski definition) is 2. The molecule has 1 atom stereocenters. The lowest BCUT2D eigenvalue weighted by atomic mass is 10.1. The molecule has 2 heteroatoms. The fourth-order valence-electron chi connectivity index (χ4n) is 1.41. The van der Waals surface area contributed by atoms with Gasteiger partial charge in [0.1, 0.15) is 0 Å². The van der Waals surface area contributed by atoms with Crippen LogP contribution < -0.4 is 5.32 Å². The molecule has 0 radical (unpaired) electrons. The van der Waals surface area contributed by atoms with E-state index in [1.807, 2.05) is 0 Å². The Labute approximate surface area is 94.4 Å². The number of rotatable bonds is 9.